The van der Waals surface area contributed by atoms with Crippen molar-refractivity contribution in [2.75, 3.05) is 24.5 Å². The van der Waals surface area contributed by atoms with Crippen molar-refractivity contribution in [1.82, 2.24) is 19.4 Å². The predicted molar refractivity (Wildman–Crippen MR) is 135 cm³/mol. The highest BCUT2D eigenvalue weighted by Gasteiger charge is 2.41. The number of nitrogens with zero attached hydrogens (tertiary/aromatic N) is 5. The zero-order valence-electron chi connectivity index (χ0n) is 19.7. The number of hydrogen-bond donors (Lipinski definition) is 0. The van der Waals surface area contributed by atoms with Crippen LogP contribution < -0.4 is 10.6 Å². The van der Waals surface area contributed by atoms with Crippen LogP contribution in [0.15, 0.2) is 47.8 Å². The number of rotatable bonds is 4. The molecule has 7 nitrogen and oxygen atoms in total. The van der Waals surface area contributed by atoms with Gasteiger partial charge in [-0.05, 0) is 55.9 Å². The zero-order valence-corrected chi connectivity index (χ0v) is 20.5. The fraction of sp³-hybridized carbons (Fsp3) is 0.385. The SMILES string of the molecule is C=CC(=O)N1CCN(c2nc(=O)n(-c3ccccc3C3(C)CC3)c3nc(C)c(Cl)cc23)[C@@H](C)C1. The number of anilines is 1. The van der Waals surface area contributed by atoms with Gasteiger partial charge in [0.1, 0.15) is 5.82 Å². The first kappa shape index (κ1) is 22.6. The highest BCUT2D eigenvalue weighted by molar-refractivity contribution is 6.32. The normalized spacial score (nSPS) is 19.4. The molecule has 0 bridgehead atoms. The molecule has 1 saturated carbocycles. The minimum Gasteiger partial charge on any atom is -0.350 e. The fourth-order valence-electron chi connectivity index (χ4n) is 4.87. The van der Waals surface area contributed by atoms with Gasteiger partial charge in [0.25, 0.3) is 0 Å². The second-order valence-corrected chi connectivity index (χ2v) is 10.00. The average Bonchev–Trinajstić information content (AvgIpc) is 3.57. The van der Waals surface area contributed by atoms with Crippen molar-refractivity contribution in [3.8, 4) is 5.69 Å². The van der Waals surface area contributed by atoms with Crippen molar-refractivity contribution in [3.63, 3.8) is 0 Å². The number of piperazine rings is 1. The van der Waals surface area contributed by atoms with Crippen LogP contribution in [0.5, 0.6) is 0 Å². The van der Waals surface area contributed by atoms with Crippen molar-refractivity contribution >= 4 is 34.4 Å². The van der Waals surface area contributed by atoms with Gasteiger partial charge in [0, 0.05) is 25.7 Å². The summed E-state index contributed by atoms with van der Waals surface area (Å²) in [6.45, 7) is 11.3. The number of para-hydroxylation sites is 1. The molecule has 0 unspecified atom stereocenters. The maximum absolute atomic E-state index is 13.6. The molecule has 3 heterocycles. The largest absolute Gasteiger partial charge is 0.355 e. The van der Waals surface area contributed by atoms with Gasteiger partial charge in [0.2, 0.25) is 5.91 Å². The van der Waals surface area contributed by atoms with Crippen LogP contribution in [0.25, 0.3) is 16.7 Å². The van der Waals surface area contributed by atoms with Gasteiger partial charge in [-0.25, -0.2) is 14.3 Å². The summed E-state index contributed by atoms with van der Waals surface area (Å²) in [6.07, 6.45) is 3.51. The first-order chi connectivity index (χ1) is 16.2. The van der Waals surface area contributed by atoms with E-state index in [4.69, 9.17) is 16.6 Å². The molecule has 1 aliphatic carbocycles. The zero-order chi connectivity index (χ0) is 24.2. The lowest BCUT2D eigenvalue weighted by molar-refractivity contribution is -0.126. The molecule has 1 amide bonds. The number of aryl methyl sites for hydroxylation is 1. The monoisotopic (exact) mass is 477 g/mol. The lowest BCUT2D eigenvalue weighted by Gasteiger charge is -2.40. The number of carbonyl (C=O) groups excluding carboxylic acids is 1. The first-order valence-corrected chi connectivity index (χ1v) is 12.0. The quantitative estimate of drug-likeness (QED) is 0.531. The highest BCUT2D eigenvalue weighted by atomic mass is 35.5. The second kappa shape index (κ2) is 8.24. The van der Waals surface area contributed by atoms with Crippen LogP contribution in [-0.4, -0.2) is 51.0 Å². The van der Waals surface area contributed by atoms with Crippen molar-refractivity contribution in [1.29, 1.82) is 0 Å². The van der Waals surface area contributed by atoms with E-state index in [9.17, 15) is 9.59 Å². The summed E-state index contributed by atoms with van der Waals surface area (Å²) >= 11 is 6.51. The molecule has 176 valence electrons. The second-order valence-electron chi connectivity index (χ2n) is 9.59. The molecule has 1 aliphatic heterocycles. The first-order valence-electron chi connectivity index (χ1n) is 11.6. The average molecular weight is 478 g/mol. The van der Waals surface area contributed by atoms with Crippen molar-refractivity contribution < 1.29 is 4.79 Å². The van der Waals surface area contributed by atoms with Crippen LogP contribution in [0.3, 0.4) is 0 Å². The van der Waals surface area contributed by atoms with Gasteiger partial charge >= 0.3 is 5.69 Å². The Morgan fingerprint density at radius 2 is 1.97 bits per heavy atom. The molecule has 34 heavy (non-hydrogen) atoms. The van der Waals surface area contributed by atoms with Gasteiger partial charge in [-0.1, -0.05) is 43.3 Å². The number of benzene rings is 1. The summed E-state index contributed by atoms with van der Waals surface area (Å²) in [6, 6.07) is 9.83. The standard InChI is InChI=1S/C26H28ClN5O2/c1-5-22(33)30-12-13-31(16(2)15-30)23-18-14-20(27)17(3)28-24(18)32(25(34)29-23)21-9-7-6-8-19(21)26(4)10-11-26/h5-9,14,16H,1,10-13,15H2,2-4H3/t16-/m0/s1. The van der Waals surface area contributed by atoms with Gasteiger partial charge in [0.05, 0.1) is 21.8 Å². The van der Waals surface area contributed by atoms with Crippen molar-refractivity contribution in [2.24, 2.45) is 0 Å². The number of halogens is 1. The number of hydrogen-bond acceptors (Lipinski definition) is 5. The Morgan fingerprint density at radius 1 is 1.24 bits per heavy atom. The summed E-state index contributed by atoms with van der Waals surface area (Å²) < 4.78 is 1.63. The summed E-state index contributed by atoms with van der Waals surface area (Å²) in [5, 5.41) is 1.25. The van der Waals surface area contributed by atoms with E-state index in [0.717, 1.165) is 29.5 Å². The number of amides is 1. The van der Waals surface area contributed by atoms with E-state index in [1.807, 2.05) is 38.1 Å². The van der Waals surface area contributed by atoms with E-state index in [2.05, 4.69) is 29.5 Å². The molecule has 0 radical (unpaired) electrons. The molecule has 0 spiro atoms. The topological polar surface area (TPSA) is 71.3 Å². The van der Waals surface area contributed by atoms with E-state index < -0.39 is 0 Å². The molecule has 5 rings (SSSR count). The maximum atomic E-state index is 13.6. The Balaban J connectivity index is 1.70. The maximum Gasteiger partial charge on any atom is 0.355 e. The van der Waals surface area contributed by atoms with Crippen LogP contribution in [0.4, 0.5) is 5.82 Å². The minimum atomic E-state index is -0.370. The summed E-state index contributed by atoms with van der Waals surface area (Å²) in [5.74, 6) is 0.462. The minimum absolute atomic E-state index is 0.0404. The molecule has 1 aromatic carbocycles. The molecule has 2 fully saturated rings. The van der Waals surface area contributed by atoms with E-state index in [-0.39, 0.29) is 23.1 Å². The van der Waals surface area contributed by atoms with Gasteiger partial charge in [-0.2, -0.15) is 4.98 Å². The van der Waals surface area contributed by atoms with Crippen LogP contribution in [0, 0.1) is 6.92 Å². The molecule has 2 aromatic heterocycles. The molecule has 3 aromatic rings. The van der Waals surface area contributed by atoms with E-state index in [0.29, 0.717) is 41.8 Å². The Bertz CT molecular complexity index is 1380. The number of fused-ring (bicyclic) bond motifs is 1. The van der Waals surface area contributed by atoms with Gasteiger partial charge in [-0.15, -0.1) is 0 Å². The summed E-state index contributed by atoms with van der Waals surface area (Å²) in [7, 11) is 0. The molecule has 2 aliphatic rings. The van der Waals surface area contributed by atoms with Gasteiger partial charge in [0.15, 0.2) is 5.65 Å². The Labute approximate surface area is 203 Å². The van der Waals surface area contributed by atoms with Crippen molar-refractivity contribution in [2.45, 2.75) is 45.1 Å². The lowest BCUT2D eigenvalue weighted by Crippen LogP contribution is -2.54. The van der Waals surface area contributed by atoms with Gasteiger partial charge < -0.3 is 9.80 Å². The third-order valence-corrected chi connectivity index (χ3v) is 7.54. The Hall–Kier alpha value is -3.19. The van der Waals surface area contributed by atoms with Crippen LogP contribution in [0.2, 0.25) is 5.02 Å². The molecular formula is C26H28ClN5O2. The number of pyridine rings is 1. The Morgan fingerprint density at radius 3 is 2.65 bits per heavy atom. The molecule has 0 N–H and O–H groups in total. The number of aromatic nitrogens is 3. The summed E-state index contributed by atoms with van der Waals surface area (Å²) in [5.41, 5.74) is 2.84. The molecule has 8 heteroatoms. The summed E-state index contributed by atoms with van der Waals surface area (Å²) in [4.78, 5) is 38.9. The number of carbonyl (C=O) groups is 1. The lowest BCUT2D eigenvalue weighted by atomic mass is 9.96. The van der Waals surface area contributed by atoms with Gasteiger partial charge in [-0.3, -0.25) is 4.79 Å². The predicted octanol–water partition coefficient (Wildman–Crippen LogP) is 4.02. The van der Waals surface area contributed by atoms with E-state index >= 15 is 0 Å². The molecular weight excluding hydrogens is 450 g/mol. The van der Waals surface area contributed by atoms with Crippen molar-refractivity contribution in [3.05, 3.63) is 69.8 Å². The third kappa shape index (κ3) is 3.68. The van der Waals surface area contributed by atoms with Crippen LogP contribution in [-0.2, 0) is 10.2 Å². The fourth-order valence-corrected chi connectivity index (χ4v) is 5.02. The molecule has 1 saturated heterocycles. The third-order valence-electron chi connectivity index (χ3n) is 7.16. The van der Waals surface area contributed by atoms with E-state index in [1.54, 1.807) is 9.47 Å². The highest BCUT2D eigenvalue weighted by Crippen LogP contribution is 2.49. The van der Waals surface area contributed by atoms with Crippen LogP contribution >= 0.6 is 11.6 Å². The van der Waals surface area contributed by atoms with E-state index in [1.165, 1.54) is 6.08 Å². The smallest absolute Gasteiger partial charge is 0.350 e. The Kier molecular flexibility index (Phi) is 5.47. The van der Waals surface area contributed by atoms with Crippen LogP contribution in [0.1, 0.15) is 37.9 Å². The molecule has 1 atom stereocenters.